The molecule has 0 aliphatic heterocycles. The van der Waals surface area contributed by atoms with Crippen LogP contribution in [-0.2, 0) is 0 Å². The highest BCUT2D eigenvalue weighted by atomic mass is 19.3. The number of halogens is 3. The quantitative estimate of drug-likeness (QED) is 0.445. The number of hydrogen-bond donors (Lipinski definition) is 0. The molecule has 1 rings (SSSR count). The molecule has 0 aromatic heterocycles. The van der Waals surface area contributed by atoms with Crippen LogP contribution in [-0.4, -0.2) is 12.1 Å². The normalized spacial score (nSPS) is 37.3. The van der Waals surface area contributed by atoms with Crippen LogP contribution in [0.15, 0.2) is 0 Å². The van der Waals surface area contributed by atoms with Gasteiger partial charge in [-0.15, -0.1) is 0 Å². The van der Waals surface area contributed by atoms with E-state index in [2.05, 4.69) is 0 Å². The molecule has 1 unspecified atom stereocenters. The van der Waals surface area contributed by atoms with E-state index in [-0.39, 0.29) is 12.8 Å². The van der Waals surface area contributed by atoms with Gasteiger partial charge in [-0.25, -0.2) is 13.2 Å². The van der Waals surface area contributed by atoms with Gasteiger partial charge in [-0.3, -0.25) is 0 Å². The maximum Gasteiger partial charge on any atom is 0.278 e. The van der Waals surface area contributed by atoms with E-state index in [0.717, 1.165) is 0 Å². The van der Waals surface area contributed by atoms with Gasteiger partial charge in [-0.2, -0.15) is 0 Å². The summed E-state index contributed by atoms with van der Waals surface area (Å²) in [5.41, 5.74) is 0. The van der Waals surface area contributed by atoms with E-state index >= 15 is 0 Å². The van der Waals surface area contributed by atoms with Crippen molar-refractivity contribution in [2.75, 3.05) is 0 Å². The highest BCUT2D eigenvalue weighted by Gasteiger charge is 2.48. The van der Waals surface area contributed by atoms with Gasteiger partial charge in [-0.05, 0) is 6.42 Å². The molecule has 0 saturated heterocycles. The average molecular weight is 110 g/mol. The van der Waals surface area contributed by atoms with Gasteiger partial charge in [0.05, 0.1) is 0 Å². The summed E-state index contributed by atoms with van der Waals surface area (Å²) in [5.74, 6) is -2.99. The van der Waals surface area contributed by atoms with Crippen molar-refractivity contribution in [3.8, 4) is 0 Å². The van der Waals surface area contributed by atoms with E-state index in [4.69, 9.17) is 0 Å². The third-order valence-corrected chi connectivity index (χ3v) is 1.19. The third kappa shape index (κ3) is 0.598. The molecule has 0 heterocycles. The fourth-order valence-electron chi connectivity index (χ4n) is 0.472. The van der Waals surface area contributed by atoms with Crippen molar-refractivity contribution in [1.29, 1.82) is 0 Å². The van der Waals surface area contributed by atoms with E-state index in [0.29, 0.717) is 0 Å². The second kappa shape index (κ2) is 1.14. The van der Waals surface area contributed by atoms with Gasteiger partial charge in [0.1, 0.15) is 0 Å². The van der Waals surface area contributed by atoms with E-state index in [9.17, 15) is 13.2 Å². The molecule has 1 fully saturated rings. The Morgan fingerprint density at radius 2 is 1.86 bits per heavy atom. The van der Waals surface area contributed by atoms with Gasteiger partial charge in [0.25, 0.3) is 5.92 Å². The minimum Gasteiger partial charge on any atom is -0.241 e. The first-order valence-electron chi connectivity index (χ1n) is 2.15. The summed E-state index contributed by atoms with van der Waals surface area (Å²) in [6.07, 6.45) is -2.09. The van der Waals surface area contributed by atoms with Crippen LogP contribution in [0.1, 0.15) is 12.8 Å². The van der Waals surface area contributed by atoms with Crippen LogP contribution in [0.25, 0.3) is 0 Å². The van der Waals surface area contributed by atoms with Crippen LogP contribution in [0, 0.1) is 0 Å². The van der Waals surface area contributed by atoms with Crippen LogP contribution < -0.4 is 0 Å². The predicted molar refractivity (Wildman–Crippen MR) is 19.1 cm³/mol. The number of alkyl halides is 3. The van der Waals surface area contributed by atoms with E-state index in [1.807, 2.05) is 0 Å². The molecule has 0 aromatic carbocycles. The summed E-state index contributed by atoms with van der Waals surface area (Å²) in [6.45, 7) is 0. The van der Waals surface area contributed by atoms with Crippen molar-refractivity contribution < 1.29 is 13.2 Å². The van der Waals surface area contributed by atoms with E-state index in [1.54, 1.807) is 0 Å². The Morgan fingerprint density at radius 3 is 1.86 bits per heavy atom. The molecule has 3 heteroatoms. The van der Waals surface area contributed by atoms with Crippen molar-refractivity contribution in [2.45, 2.75) is 24.9 Å². The Kier molecular flexibility index (Phi) is 0.805. The van der Waals surface area contributed by atoms with Gasteiger partial charge in [0, 0.05) is 6.42 Å². The number of hydrogen-bond acceptors (Lipinski definition) is 0. The maximum absolute atomic E-state index is 11.6. The van der Waals surface area contributed by atoms with Gasteiger partial charge in [0.15, 0.2) is 6.17 Å². The average Bonchev–Trinajstić information content (AvgIpc) is 1.63. The highest BCUT2D eigenvalue weighted by molar-refractivity contribution is 4.87. The molecule has 0 amide bonds. The van der Waals surface area contributed by atoms with Crippen LogP contribution in [0.5, 0.6) is 0 Å². The van der Waals surface area contributed by atoms with Crippen LogP contribution in [0.2, 0.25) is 0 Å². The van der Waals surface area contributed by atoms with Crippen LogP contribution >= 0.6 is 0 Å². The fourth-order valence-corrected chi connectivity index (χ4v) is 0.472. The summed E-state index contributed by atoms with van der Waals surface area (Å²) in [6, 6.07) is 0. The zero-order chi connectivity index (χ0) is 5.49. The van der Waals surface area contributed by atoms with Crippen molar-refractivity contribution in [1.82, 2.24) is 0 Å². The standard InChI is InChI=1S/C4H5F3/c5-3-1-2-4(3,6)7/h3H,1-2H2. The molecule has 7 heavy (non-hydrogen) atoms. The topological polar surface area (TPSA) is 0 Å². The lowest BCUT2D eigenvalue weighted by atomic mass is 9.93. The Hall–Kier alpha value is -0.210. The summed E-state index contributed by atoms with van der Waals surface area (Å²) < 4.78 is 34.7. The molecule has 0 nitrogen and oxygen atoms in total. The fraction of sp³-hybridized carbons (Fsp3) is 1.00. The van der Waals surface area contributed by atoms with Gasteiger partial charge in [0.2, 0.25) is 0 Å². The highest BCUT2D eigenvalue weighted by Crippen LogP contribution is 2.39. The molecule has 0 radical (unpaired) electrons. The van der Waals surface area contributed by atoms with Gasteiger partial charge in [-0.1, -0.05) is 0 Å². The van der Waals surface area contributed by atoms with Crippen molar-refractivity contribution in [2.24, 2.45) is 0 Å². The largest absolute Gasteiger partial charge is 0.278 e. The summed E-state index contributed by atoms with van der Waals surface area (Å²) in [7, 11) is 0. The molecule has 42 valence electrons. The van der Waals surface area contributed by atoms with Crippen molar-refractivity contribution in [3.63, 3.8) is 0 Å². The predicted octanol–water partition coefficient (Wildman–Crippen LogP) is 1.75. The van der Waals surface area contributed by atoms with E-state index in [1.165, 1.54) is 0 Å². The van der Waals surface area contributed by atoms with E-state index < -0.39 is 12.1 Å². The molecule has 1 aliphatic carbocycles. The van der Waals surface area contributed by atoms with Crippen LogP contribution in [0.3, 0.4) is 0 Å². The van der Waals surface area contributed by atoms with Gasteiger partial charge < -0.3 is 0 Å². The van der Waals surface area contributed by atoms with Crippen molar-refractivity contribution in [3.05, 3.63) is 0 Å². The molecule has 1 saturated carbocycles. The second-order valence-corrected chi connectivity index (χ2v) is 1.77. The Labute approximate surface area is 39.3 Å². The minimum atomic E-state index is -2.99. The molecule has 0 bridgehead atoms. The second-order valence-electron chi connectivity index (χ2n) is 1.77. The lowest BCUT2D eigenvalue weighted by Gasteiger charge is -2.29. The maximum atomic E-state index is 11.6. The molecule has 1 aliphatic rings. The summed E-state index contributed by atoms with van der Waals surface area (Å²) in [4.78, 5) is 0. The smallest absolute Gasteiger partial charge is 0.241 e. The third-order valence-electron chi connectivity index (χ3n) is 1.19. The molecular weight excluding hydrogens is 105 g/mol. The Bertz CT molecular complexity index is 79.0. The lowest BCUT2D eigenvalue weighted by molar-refractivity contribution is -0.141. The molecule has 1 atom stereocenters. The molecule has 0 aromatic rings. The first-order valence-corrected chi connectivity index (χ1v) is 2.15. The first-order chi connectivity index (χ1) is 3.13. The van der Waals surface area contributed by atoms with Crippen molar-refractivity contribution >= 4 is 0 Å². The lowest BCUT2D eigenvalue weighted by Crippen LogP contribution is -2.40. The monoisotopic (exact) mass is 110 g/mol. The Balaban J connectivity index is 2.43. The molecule has 0 N–H and O–H groups in total. The van der Waals surface area contributed by atoms with Crippen LogP contribution in [0.4, 0.5) is 13.2 Å². The zero-order valence-corrected chi connectivity index (χ0v) is 3.63. The van der Waals surface area contributed by atoms with Gasteiger partial charge >= 0.3 is 0 Å². The number of rotatable bonds is 0. The molecule has 0 spiro atoms. The Morgan fingerprint density at radius 1 is 1.43 bits per heavy atom. The SMILES string of the molecule is FC1CCC1(F)F. The minimum absolute atomic E-state index is 0.0347. The summed E-state index contributed by atoms with van der Waals surface area (Å²) in [5, 5.41) is 0. The zero-order valence-electron chi connectivity index (χ0n) is 3.63. The molecular formula is C4H5F3. The summed E-state index contributed by atoms with van der Waals surface area (Å²) >= 11 is 0. The first kappa shape index (κ1) is 4.94.